The van der Waals surface area contributed by atoms with Crippen molar-refractivity contribution in [3.05, 3.63) is 48.8 Å². The Morgan fingerprint density at radius 2 is 2.25 bits per heavy atom. The van der Waals surface area contributed by atoms with Crippen LogP contribution >= 0.6 is 0 Å². The number of allylic oxidation sites excluding steroid dienone is 2. The lowest BCUT2D eigenvalue weighted by Gasteiger charge is -2.26. The number of anilines is 2. The number of hydrogen-bond donors (Lipinski definition) is 3. The first-order valence-electron chi connectivity index (χ1n) is 5.02. The molecule has 1 aromatic rings. The largest absolute Gasteiger partial charge is 0.465 e. The van der Waals surface area contributed by atoms with Gasteiger partial charge in [0.15, 0.2) is 0 Å². The smallest absolute Gasteiger partial charge is 0.244 e. The molecule has 0 bridgehead atoms. The van der Waals surface area contributed by atoms with Crippen molar-refractivity contribution in [3.63, 3.8) is 0 Å². The van der Waals surface area contributed by atoms with E-state index < -0.39 is 5.79 Å². The van der Waals surface area contributed by atoms with E-state index in [4.69, 9.17) is 10.5 Å². The predicted molar refractivity (Wildman–Crippen MR) is 63.7 cm³/mol. The molecule has 4 heteroatoms. The van der Waals surface area contributed by atoms with E-state index >= 15 is 0 Å². The molecule has 0 aromatic heterocycles. The summed E-state index contributed by atoms with van der Waals surface area (Å²) in [6.07, 6.45) is 6.51. The van der Waals surface area contributed by atoms with Crippen LogP contribution in [0.5, 0.6) is 0 Å². The van der Waals surface area contributed by atoms with E-state index in [1.54, 1.807) is 30.4 Å². The number of benzene rings is 1. The Kier molecular flexibility index (Phi) is 2.83. The first-order valence-corrected chi connectivity index (χ1v) is 5.02. The van der Waals surface area contributed by atoms with E-state index in [9.17, 15) is 5.11 Å². The number of aliphatic hydroxyl groups is 1. The maximum atomic E-state index is 9.95. The van der Waals surface area contributed by atoms with Crippen LogP contribution in [0, 0.1) is 0 Å². The highest BCUT2D eigenvalue weighted by Crippen LogP contribution is 2.17. The van der Waals surface area contributed by atoms with Crippen LogP contribution in [0.2, 0.25) is 0 Å². The maximum Gasteiger partial charge on any atom is 0.244 e. The van der Waals surface area contributed by atoms with Gasteiger partial charge in [-0.05, 0) is 30.4 Å². The molecular weight excluding hydrogens is 204 g/mol. The summed E-state index contributed by atoms with van der Waals surface area (Å²) < 4.78 is 5.11. The van der Waals surface area contributed by atoms with Crippen molar-refractivity contribution in [1.82, 2.24) is 0 Å². The molecule has 4 N–H and O–H groups in total. The summed E-state index contributed by atoms with van der Waals surface area (Å²) in [5, 5.41) is 13.0. The van der Waals surface area contributed by atoms with Crippen molar-refractivity contribution in [3.8, 4) is 0 Å². The standard InChI is InChI=1S/C12H14N2O2/c13-10-4-3-5-11(8-10)14-9-12(15)6-1-2-7-16-12/h1-8,14-15H,9,13H2. The topological polar surface area (TPSA) is 67.5 Å². The molecule has 1 aliphatic heterocycles. The molecule has 16 heavy (non-hydrogen) atoms. The van der Waals surface area contributed by atoms with Gasteiger partial charge in [0.2, 0.25) is 5.79 Å². The van der Waals surface area contributed by atoms with Crippen LogP contribution < -0.4 is 11.1 Å². The Morgan fingerprint density at radius 1 is 1.38 bits per heavy atom. The number of hydrogen-bond acceptors (Lipinski definition) is 4. The van der Waals surface area contributed by atoms with Crippen molar-refractivity contribution >= 4 is 11.4 Å². The number of nitrogens with two attached hydrogens (primary N) is 1. The fourth-order valence-corrected chi connectivity index (χ4v) is 1.43. The normalized spacial score (nSPS) is 22.8. The second kappa shape index (κ2) is 4.28. The monoisotopic (exact) mass is 218 g/mol. The van der Waals surface area contributed by atoms with Gasteiger partial charge in [-0.1, -0.05) is 12.1 Å². The van der Waals surface area contributed by atoms with Crippen molar-refractivity contribution in [1.29, 1.82) is 0 Å². The number of nitrogens with one attached hydrogen (secondary N) is 1. The molecule has 4 nitrogen and oxygen atoms in total. The molecule has 0 radical (unpaired) electrons. The quantitative estimate of drug-likeness (QED) is 0.672. The molecule has 0 amide bonds. The fraction of sp³-hybridized carbons (Fsp3) is 0.167. The highest BCUT2D eigenvalue weighted by Gasteiger charge is 2.24. The Labute approximate surface area is 94.0 Å². The first-order chi connectivity index (χ1) is 7.68. The summed E-state index contributed by atoms with van der Waals surface area (Å²) in [5.74, 6) is -1.29. The first kappa shape index (κ1) is 10.6. The molecular formula is C12H14N2O2. The van der Waals surface area contributed by atoms with Crippen molar-refractivity contribution < 1.29 is 9.84 Å². The summed E-state index contributed by atoms with van der Waals surface area (Å²) in [7, 11) is 0. The summed E-state index contributed by atoms with van der Waals surface area (Å²) in [5.41, 5.74) is 7.17. The van der Waals surface area contributed by atoms with Gasteiger partial charge in [0.1, 0.15) is 0 Å². The number of ether oxygens (including phenoxy) is 1. The minimum absolute atomic E-state index is 0.261. The fourth-order valence-electron chi connectivity index (χ4n) is 1.43. The molecule has 84 valence electrons. The minimum Gasteiger partial charge on any atom is -0.465 e. The van der Waals surface area contributed by atoms with Crippen LogP contribution in [-0.2, 0) is 4.74 Å². The zero-order valence-electron chi connectivity index (χ0n) is 8.76. The zero-order valence-corrected chi connectivity index (χ0v) is 8.76. The van der Waals surface area contributed by atoms with Crippen LogP contribution in [0.25, 0.3) is 0 Å². The van der Waals surface area contributed by atoms with E-state index in [1.165, 1.54) is 6.26 Å². The SMILES string of the molecule is Nc1cccc(NCC2(O)C=CC=CO2)c1. The molecule has 1 aromatic carbocycles. The van der Waals surface area contributed by atoms with Gasteiger partial charge in [0, 0.05) is 11.4 Å². The average Bonchev–Trinajstić information content (AvgIpc) is 2.28. The molecule has 0 spiro atoms. The Morgan fingerprint density at radius 3 is 2.94 bits per heavy atom. The Balaban J connectivity index is 1.97. The van der Waals surface area contributed by atoms with Crippen LogP contribution in [0.15, 0.2) is 48.8 Å². The van der Waals surface area contributed by atoms with Gasteiger partial charge >= 0.3 is 0 Å². The highest BCUT2D eigenvalue weighted by atomic mass is 16.6. The van der Waals surface area contributed by atoms with Crippen LogP contribution in [0.1, 0.15) is 0 Å². The van der Waals surface area contributed by atoms with Crippen LogP contribution in [-0.4, -0.2) is 17.4 Å². The molecule has 1 unspecified atom stereocenters. The third-order valence-corrected chi connectivity index (χ3v) is 2.25. The van der Waals surface area contributed by atoms with E-state index in [2.05, 4.69) is 5.32 Å². The Bertz CT molecular complexity index is 429. The summed E-state index contributed by atoms with van der Waals surface area (Å²) in [4.78, 5) is 0. The van der Waals surface area contributed by atoms with Crippen LogP contribution in [0.3, 0.4) is 0 Å². The van der Waals surface area contributed by atoms with Gasteiger partial charge in [0.25, 0.3) is 0 Å². The number of rotatable bonds is 3. The average molecular weight is 218 g/mol. The molecule has 0 aliphatic carbocycles. The molecule has 1 heterocycles. The molecule has 0 saturated carbocycles. The molecule has 1 aliphatic rings. The third-order valence-electron chi connectivity index (χ3n) is 2.25. The lowest BCUT2D eigenvalue weighted by Crippen LogP contribution is -2.37. The predicted octanol–water partition coefficient (Wildman–Crippen LogP) is 1.47. The van der Waals surface area contributed by atoms with Gasteiger partial charge in [-0.15, -0.1) is 0 Å². The number of nitrogen functional groups attached to an aromatic ring is 1. The second-order valence-corrected chi connectivity index (χ2v) is 3.63. The summed E-state index contributed by atoms with van der Waals surface area (Å²) in [6.45, 7) is 0.261. The summed E-state index contributed by atoms with van der Waals surface area (Å²) >= 11 is 0. The van der Waals surface area contributed by atoms with Gasteiger partial charge in [-0.2, -0.15) is 0 Å². The van der Waals surface area contributed by atoms with Gasteiger partial charge in [-0.3, -0.25) is 0 Å². The highest BCUT2D eigenvalue weighted by molar-refractivity contribution is 5.54. The second-order valence-electron chi connectivity index (χ2n) is 3.63. The summed E-state index contributed by atoms with van der Waals surface area (Å²) in [6, 6.07) is 7.33. The van der Waals surface area contributed by atoms with Gasteiger partial charge in [-0.25, -0.2) is 0 Å². The van der Waals surface area contributed by atoms with E-state index in [0.717, 1.165) is 5.69 Å². The van der Waals surface area contributed by atoms with E-state index in [-0.39, 0.29) is 6.54 Å². The molecule has 2 rings (SSSR count). The van der Waals surface area contributed by atoms with Crippen molar-refractivity contribution in [2.24, 2.45) is 0 Å². The Hall–Kier alpha value is -1.94. The minimum atomic E-state index is -1.29. The van der Waals surface area contributed by atoms with Crippen molar-refractivity contribution in [2.45, 2.75) is 5.79 Å². The lowest BCUT2D eigenvalue weighted by atomic mass is 10.2. The lowest BCUT2D eigenvalue weighted by molar-refractivity contribution is -0.116. The van der Waals surface area contributed by atoms with E-state index in [1.807, 2.05) is 12.1 Å². The zero-order chi connectivity index (χ0) is 11.4. The molecule has 1 atom stereocenters. The third kappa shape index (κ3) is 2.55. The van der Waals surface area contributed by atoms with Crippen LogP contribution in [0.4, 0.5) is 11.4 Å². The molecule has 0 saturated heterocycles. The van der Waals surface area contributed by atoms with Crippen molar-refractivity contribution in [2.75, 3.05) is 17.6 Å². The molecule has 0 fully saturated rings. The maximum absolute atomic E-state index is 9.95. The van der Waals surface area contributed by atoms with E-state index in [0.29, 0.717) is 5.69 Å². The van der Waals surface area contributed by atoms with Gasteiger partial charge in [0.05, 0.1) is 12.8 Å². The van der Waals surface area contributed by atoms with Gasteiger partial charge < -0.3 is 20.9 Å².